The second-order valence-corrected chi connectivity index (χ2v) is 6.20. The number of nitrogens with zero attached hydrogens (tertiary/aromatic N) is 4. The fourth-order valence-corrected chi connectivity index (χ4v) is 2.61. The third-order valence-corrected chi connectivity index (χ3v) is 4.08. The molecule has 1 aliphatic rings. The molecule has 1 amide bonds. The van der Waals surface area contributed by atoms with Crippen LogP contribution in [0.4, 0.5) is 21.6 Å². The van der Waals surface area contributed by atoms with Crippen LogP contribution in [-0.2, 0) is 0 Å². The maximum absolute atomic E-state index is 13.8. The zero-order chi connectivity index (χ0) is 18.8. The lowest BCUT2D eigenvalue weighted by Gasteiger charge is -2.11. The molecule has 0 spiro atoms. The number of aliphatic hydroxyl groups is 1. The molecule has 0 unspecified atom stereocenters. The van der Waals surface area contributed by atoms with Gasteiger partial charge in [-0.15, -0.1) is 5.10 Å². The van der Waals surface area contributed by atoms with Crippen molar-refractivity contribution < 1.29 is 14.3 Å². The van der Waals surface area contributed by atoms with E-state index < -0.39 is 11.7 Å². The average molecular weight is 371 g/mol. The number of hydrogen-bond acceptors (Lipinski definition) is 7. The number of nitrogens with one attached hydrogen (secondary N) is 3. The number of imidazole rings is 1. The number of aromatic nitrogens is 4. The Balaban J connectivity index is 1.69. The van der Waals surface area contributed by atoms with Gasteiger partial charge in [0.1, 0.15) is 5.82 Å². The molecule has 10 heteroatoms. The van der Waals surface area contributed by atoms with Gasteiger partial charge in [0.2, 0.25) is 0 Å². The fourth-order valence-electron chi connectivity index (χ4n) is 2.61. The van der Waals surface area contributed by atoms with E-state index >= 15 is 0 Å². The molecule has 1 saturated carbocycles. The monoisotopic (exact) mass is 371 g/mol. The minimum Gasteiger partial charge on any atom is -0.395 e. The van der Waals surface area contributed by atoms with Crippen LogP contribution in [0.3, 0.4) is 0 Å². The fraction of sp³-hybridized carbons (Fsp3) is 0.294. The predicted molar refractivity (Wildman–Crippen MR) is 97.4 cm³/mol. The molecule has 4 N–H and O–H groups in total. The van der Waals surface area contributed by atoms with Gasteiger partial charge >= 0.3 is 0 Å². The van der Waals surface area contributed by atoms with Crippen LogP contribution in [0.25, 0.3) is 5.65 Å². The molecule has 27 heavy (non-hydrogen) atoms. The number of rotatable bonds is 7. The molecule has 9 nitrogen and oxygen atoms in total. The van der Waals surface area contributed by atoms with Gasteiger partial charge in [-0.25, -0.2) is 13.9 Å². The summed E-state index contributed by atoms with van der Waals surface area (Å²) in [4.78, 5) is 20.6. The number of anilines is 3. The van der Waals surface area contributed by atoms with Crippen molar-refractivity contribution in [1.29, 1.82) is 0 Å². The van der Waals surface area contributed by atoms with Crippen molar-refractivity contribution in [2.45, 2.75) is 18.9 Å². The molecule has 1 fully saturated rings. The number of fused-ring (bicyclic) bond motifs is 1. The normalized spacial score (nSPS) is 13.6. The van der Waals surface area contributed by atoms with Crippen LogP contribution >= 0.6 is 0 Å². The summed E-state index contributed by atoms with van der Waals surface area (Å²) in [5.41, 5.74) is 1.42. The van der Waals surface area contributed by atoms with E-state index in [0.29, 0.717) is 24.1 Å². The van der Waals surface area contributed by atoms with E-state index in [1.165, 1.54) is 23.0 Å². The number of amides is 1. The number of carbonyl (C=O) groups is 1. The summed E-state index contributed by atoms with van der Waals surface area (Å²) < 4.78 is 15.2. The average Bonchev–Trinajstić information content (AvgIpc) is 3.37. The first kappa shape index (κ1) is 17.2. The maximum Gasteiger partial charge on any atom is 0.276 e. The Morgan fingerprint density at radius 2 is 2.19 bits per heavy atom. The number of halogens is 1. The van der Waals surface area contributed by atoms with Gasteiger partial charge in [-0.1, -0.05) is 0 Å². The Hall–Kier alpha value is -3.27. The molecule has 1 aliphatic carbocycles. The highest BCUT2D eigenvalue weighted by Crippen LogP contribution is 2.28. The van der Waals surface area contributed by atoms with Crippen LogP contribution in [0.2, 0.25) is 0 Å². The number of pyridine rings is 1. The summed E-state index contributed by atoms with van der Waals surface area (Å²) in [5, 5.41) is 22.3. The molecule has 0 aromatic carbocycles. The Kier molecular flexibility index (Phi) is 4.55. The van der Waals surface area contributed by atoms with Gasteiger partial charge in [-0.3, -0.25) is 9.78 Å². The lowest BCUT2D eigenvalue weighted by Crippen LogP contribution is -2.18. The molecule has 3 heterocycles. The molecule has 0 bridgehead atoms. The highest BCUT2D eigenvalue weighted by atomic mass is 19.1. The van der Waals surface area contributed by atoms with Crippen LogP contribution in [0.1, 0.15) is 23.3 Å². The molecule has 0 aliphatic heterocycles. The third-order valence-electron chi connectivity index (χ3n) is 4.08. The highest BCUT2D eigenvalue weighted by Gasteiger charge is 2.24. The quantitative estimate of drug-likeness (QED) is 0.497. The Morgan fingerprint density at radius 3 is 2.93 bits per heavy atom. The van der Waals surface area contributed by atoms with E-state index in [2.05, 4.69) is 31.0 Å². The van der Waals surface area contributed by atoms with Crippen molar-refractivity contribution in [3.05, 3.63) is 42.2 Å². The standard InChI is InChI=1S/C17H18FN7O2/c18-11-8-19-4-3-12(11)23-17(27)14-9-21-16-13(22-10-1-2-10)7-15(20-5-6-26)24-25(14)16/h3-4,7-10,22,26H,1-2,5-6H2,(H,20,24)(H,19,23,27). The van der Waals surface area contributed by atoms with Crippen molar-refractivity contribution >= 4 is 28.7 Å². The number of hydrogen-bond donors (Lipinski definition) is 4. The van der Waals surface area contributed by atoms with Crippen molar-refractivity contribution in [2.75, 3.05) is 29.1 Å². The maximum atomic E-state index is 13.8. The molecule has 0 saturated heterocycles. The molecular weight excluding hydrogens is 353 g/mol. The summed E-state index contributed by atoms with van der Waals surface area (Å²) in [7, 11) is 0. The summed E-state index contributed by atoms with van der Waals surface area (Å²) in [6.07, 6.45) is 5.95. The summed E-state index contributed by atoms with van der Waals surface area (Å²) in [6.45, 7) is 0.267. The first-order valence-corrected chi connectivity index (χ1v) is 8.56. The minimum atomic E-state index is -0.631. The van der Waals surface area contributed by atoms with E-state index in [1.807, 2.05) is 0 Å². The van der Waals surface area contributed by atoms with Crippen LogP contribution in [0.5, 0.6) is 0 Å². The van der Waals surface area contributed by atoms with Crippen LogP contribution in [0, 0.1) is 5.82 Å². The van der Waals surface area contributed by atoms with E-state index in [4.69, 9.17) is 5.11 Å². The van der Waals surface area contributed by atoms with Gasteiger partial charge in [-0.05, 0) is 18.9 Å². The Morgan fingerprint density at radius 1 is 1.33 bits per heavy atom. The van der Waals surface area contributed by atoms with Gasteiger partial charge in [0.25, 0.3) is 5.91 Å². The van der Waals surface area contributed by atoms with Gasteiger partial charge in [-0.2, -0.15) is 0 Å². The molecule has 4 rings (SSSR count). The lowest BCUT2D eigenvalue weighted by atomic mass is 10.3. The van der Waals surface area contributed by atoms with Crippen LogP contribution in [0.15, 0.2) is 30.7 Å². The summed E-state index contributed by atoms with van der Waals surface area (Å²) in [6, 6.07) is 3.54. The highest BCUT2D eigenvalue weighted by molar-refractivity contribution is 6.03. The number of aliphatic hydroxyl groups excluding tert-OH is 1. The second kappa shape index (κ2) is 7.16. The summed E-state index contributed by atoms with van der Waals surface area (Å²) >= 11 is 0. The van der Waals surface area contributed by atoms with E-state index in [9.17, 15) is 9.18 Å². The molecule has 0 atom stereocenters. The van der Waals surface area contributed by atoms with E-state index in [1.54, 1.807) is 6.07 Å². The van der Waals surface area contributed by atoms with Gasteiger partial charge in [0.05, 0.1) is 30.4 Å². The molecule has 3 aromatic rings. The SMILES string of the molecule is O=C(Nc1ccncc1F)c1cnc2c(NC3CC3)cc(NCCO)nn12. The van der Waals surface area contributed by atoms with E-state index in [0.717, 1.165) is 24.7 Å². The lowest BCUT2D eigenvalue weighted by molar-refractivity contribution is 0.102. The second-order valence-electron chi connectivity index (χ2n) is 6.20. The molecule has 3 aromatic heterocycles. The van der Waals surface area contributed by atoms with Crippen molar-refractivity contribution in [3.8, 4) is 0 Å². The Labute approximate surface area is 153 Å². The van der Waals surface area contributed by atoms with Crippen LogP contribution in [-0.4, -0.2) is 49.8 Å². The van der Waals surface area contributed by atoms with Gasteiger partial charge in [0, 0.05) is 24.8 Å². The first-order valence-electron chi connectivity index (χ1n) is 8.56. The Bertz CT molecular complexity index is 987. The van der Waals surface area contributed by atoms with Crippen molar-refractivity contribution in [2.24, 2.45) is 0 Å². The van der Waals surface area contributed by atoms with Gasteiger partial charge in [0.15, 0.2) is 17.2 Å². The predicted octanol–water partition coefficient (Wildman–Crippen LogP) is 1.49. The topological polar surface area (TPSA) is 116 Å². The zero-order valence-electron chi connectivity index (χ0n) is 14.3. The van der Waals surface area contributed by atoms with Crippen molar-refractivity contribution in [3.63, 3.8) is 0 Å². The van der Waals surface area contributed by atoms with E-state index in [-0.39, 0.29) is 18.0 Å². The van der Waals surface area contributed by atoms with Gasteiger partial charge < -0.3 is 21.1 Å². The minimum absolute atomic E-state index is 0.0239. The molecular formula is C17H18FN7O2. The first-order chi connectivity index (χ1) is 13.2. The van der Waals surface area contributed by atoms with Crippen molar-refractivity contribution in [1.82, 2.24) is 19.6 Å². The molecule has 140 valence electrons. The smallest absolute Gasteiger partial charge is 0.276 e. The summed E-state index contributed by atoms with van der Waals surface area (Å²) in [5.74, 6) is -0.687. The number of carbonyl (C=O) groups excluding carboxylic acids is 1. The third kappa shape index (κ3) is 3.65. The molecule has 0 radical (unpaired) electrons. The zero-order valence-corrected chi connectivity index (χ0v) is 14.3. The van der Waals surface area contributed by atoms with Crippen LogP contribution < -0.4 is 16.0 Å². The largest absolute Gasteiger partial charge is 0.395 e.